The zero-order valence-corrected chi connectivity index (χ0v) is 8.36. The summed E-state index contributed by atoms with van der Waals surface area (Å²) in [5, 5.41) is 0. The molecule has 4 heteroatoms. The monoisotopic (exact) mass is 198 g/mol. The molecule has 70 valence electrons. The minimum absolute atomic E-state index is 0.211. The van der Waals surface area contributed by atoms with Crippen molar-refractivity contribution in [2.75, 3.05) is 19.0 Å². The topological polar surface area (TPSA) is 29.3 Å². The van der Waals surface area contributed by atoms with E-state index in [4.69, 9.17) is 18.0 Å². The minimum atomic E-state index is -0.326. The molecule has 0 aromatic heterocycles. The summed E-state index contributed by atoms with van der Waals surface area (Å²) < 4.78 is 12.8. The lowest BCUT2D eigenvalue weighted by molar-refractivity contribution is 0.627. The molecular weight excluding hydrogens is 187 g/mol. The fraction of sp³-hybridized carbons (Fsp3) is 0.222. The van der Waals surface area contributed by atoms with E-state index in [9.17, 15) is 4.39 Å². The van der Waals surface area contributed by atoms with E-state index >= 15 is 0 Å². The Balaban J connectivity index is 3.27. The van der Waals surface area contributed by atoms with Crippen molar-refractivity contribution in [3.05, 3.63) is 29.6 Å². The van der Waals surface area contributed by atoms with E-state index in [1.54, 1.807) is 6.07 Å². The first-order valence-corrected chi connectivity index (χ1v) is 4.20. The van der Waals surface area contributed by atoms with Crippen molar-refractivity contribution in [3.63, 3.8) is 0 Å². The lowest BCUT2D eigenvalue weighted by Gasteiger charge is -2.16. The summed E-state index contributed by atoms with van der Waals surface area (Å²) >= 11 is 4.81. The van der Waals surface area contributed by atoms with Crippen LogP contribution in [0.1, 0.15) is 5.56 Å². The number of nitrogens with zero attached hydrogens (tertiary/aromatic N) is 1. The molecule has 0 unspecified atom stereocenters. The van der Waals surface area contributed by atoms with Gasteiger partial charge >= 0.3 is 0 Å². The predicted molar refractivity (Wildman–Crippen MR) is 56.6 cm³/mol. The quantitative estimate of drug-likeness (QED) is 0.731. The second-order valence-corrected chi connectivity index (χ2v) is 3.36. The van der Waals surface area contributed by atoms with E-state index in [2.05, 4.69) is 0 Å². The molecule has 0 aliphatic carbocycles. The number of halogens is 1. The van der Waals surface area contributed by atoms with E-state index in [-0.39, 0.29) is 10.8 Å². The summed E-state index contributed by atoms with van der Waals surface area (Å²) in [7, 11) is 3.71. The second-order valence-electron chi connectivity index (χ2n) is 2.92. The Kier molecular flexibility index (Phi) is 2.83. The second kappa shape index (κ2) is 3.70. The third kappa shape index (κ3) is 2.15. The van der Waals surface area contributed by atoms with Crippen LogP contribution in [-0.2, 0) is 0 Å². The van der Waals surface area contributed by atoms with Crippen LogP contribution in [0, 0.1) is 5.82 Å². The summed E-state index contributed by atoms with van der Waals surface area (Å²) in [6.07, 6.45) is 0. The standard InChI is InChI=1S/C9H11FN2S/c1-12(2)8-4-3-6(10)5-7(8)9(11)13/h3-5H,1-2H3,(H2,11,13). The van der Waals surface area contributed by atoms with Crippen LogP contribution in [0.4, 0.5) is 10.1 Å². The maximum Gasteiger partial charge on any atom is 0.124 e. The molecule has 0 aliphatic rings. The SMILES string of the molecule is CN(C)c1ccc(F)cc1C(N)=S. The molecule has 13 heavy (non-hydrogen) atoms. The first kappa shape index (κ1) is 9.92. The normalized spacial score (nSPS) is 9.77. The molecule has 0 spiro atoms. The lowest BCUT2D eigenvalue weighted by atomic mass is 10.1. The van der Waals surface area contributed by atoms with Gasteiger partial charge in [-0.2, -0.15) is 0 Å². The van der Waals surface area contributed by atoms with Crippen molar-refractivity contribution in [2.24, 2.45) is 5.73 Å². The predicted octanol–water partition coefficient (Wildman–Crippen LogP) is 1.53. The van der Waals surface area contributed by atoms with Gasteiger partial charge in [-0.25, -0.2) is 4.39 Å². The third-order valence-electron chi connectivity index (χ3n) is 1.71. The maximum atomic E-state index is 12.8. The highest BCUT2D eigenvalue weighted by Crippen LogP contribution is 2.19. The molecule has 0 radical (unpaired) electrons. The average molecular weight is 198 g/mol. The molecule has 0 amide bonds. The van der Waals surface area contributed by atoms with Gasteiger partial charge in [-0.3, -0.25) is 0 Å². The van der Waals surface area contributed by atoms with Crippen LogP contribution in [0.2, 0.25) is 0 Å². The summed E-state index contributed by atoms with van der Waals surface area (Å²) in [4.78, 5) is 2.05. The van der Waals surface area contributed by atoms with Crippen LogP contribution in [0.15, 0.2) is 18.2 Å². The Hall–Kier alpha value is -1.16. The molecule has 1 rings (SSSR count). The van der Waals surface area contributed by atoms with Crippen LogP contribution >= 0.6 is 12.2 Å². The zero-order chi connectivity index (χ0) is 10.0. The van der Waals surface area contributed by atoms with Crippen LogP contribution in [0.25, 0.3) is 0 Å². The third-order valence-corrected chi connectivity index (χ3v) is 1.93. The van der Waals surface area contributed by atoms with Gasteiger partial charge in [0, 0.05) is 25.3 Å². The van der Waals surface area contributed by atoms with Crippen molar-refractivity contribution in [1.82, 2.24) is 0 Å². The Morgan fingerprint density at radius 3 is 2.54 bits per heavy atom. The van der Waals surface area contributed by atoms with Gasteiger partial charge in [0.1, 0.15) is 10.8 Å². The summed E-state index contributed by atoms with van der Waals surface area (Å²) in [6, 6.07) is 4.39. The molecule has 0 saturated carbocycles. The molecule has 0 heterocycles. The number of thiocarbonyl (C=S) groups is 1. The van der Waals surface area contributed by atoms with Gasteiger partial charge in [0.25, 0.3) is 0 Å². The molecule has 2 nitrogen and oxygen atoms in total. The fourth-order valence-electron chi connectivity index (χ4n) is 1.10. The first-order valence-electron chi connectivity index (χ1n) is 3.79. The van der Waals surface area contributed by atoms with Gasteiger partial charge in [-0.05, 0) is 18.2 Å². The average Bonchev–Trinajstić information content (AvgIpc) is 2.03. The molecule has 0 fully saturated rings. The number of hydrogen-bond donors (Lipinski definition) is 1. The molecule has 0 saturated heterocycles. The first-order chi connectivity index (χ1) is 6.02. The maximum absolute atomic E-state index is 12.8. The summed E-state index contributed by atoms with van der Waals surface area (Å²) in [6.45, 7) is 0. The molecule has 0 atom stereocenters. The van der Waals surface area contributed by atoms with Crippen LogP contribution in [0.3, 0.4) is 0 Å². The zero-order valence-electron chi connectivity index (χ0n) is 7.54. The summed E-state index contributed by atoms with van der Waals surface area (Å²) in [5.41, 5.74) is 6.86. The number of rotatable bonds is 2. The largest absolute Gasteiger partial charge is 0.389 e. The van der Waals surface area contributed by atoms with Crippen LogP contribution < -0.4 is 10.6 Å². The Morgan fingerprint density at radius 2 is 2.08 bits per heavy atom. The van der Waals surface area contributed by atoms with Crippen LogP contribution in [0.5, 0.6) is 0 Å². The highest BCUT2D eigenvalue weighted by molar-refractivity contribution is 7.80. The van der Waals surface area contributed by atoms with Gasteiger partial charge < -0.3 is 10.6 Å². The van der Waals surface area contributed by atoms with Gasteiger partial charge in [-0.1, -0.05) is 12.2 Å². The van der Waals surface area contributed by atoms with E-state index in [1.807, 2.05) is 19.0 Å². The van der Waals surface area contributed by atoms with E-state index in [0.717, 1.165) is 5.69 Å². The Bertz CT molecular complexity index is 336. The van der Waals surface area contributed by atoms with Gasteiger partial charge in [0.05, 0.1) is 0 Å². The smallest absolute Gasteiger partial charge is 0.124 e. The number of benzene rings is 1. The summed E-state index contributed by atoms with van der Waals surface area (Å²) in [5.74, 6) is -0.326. The number of anilines is 1. The highest BCUT2D eigenvalue weighted by atomic mass is 32.1. The molecule has 1 aromatic rings. The van der Waals surface area contributed by atoms with Crippen molar-refractivity contribution in [3.8, 4) is 0 Å². The van der Waals surface area contributed by atoms with Gasteiger partial charge in [-0.15, -0.1) is 0 Å². The Morgan fingerprint density at radius 1 is 1.46 bits per heavy atom. The molecule has 1 aromatic carbocycles. The minimum Gasteiger partial charge on any atom is -0.389 e. The van der Waals surface area contributed by atoms with E-state index in [0.29, 0.717) is 5.56 Å². The fourth-order valence-corrected chi connectivity index (χ4v) is 1.26. The highest BCUT2D eigenvalue weighted by Gasteiger charge is 2.07. The number of hydrogen-bond acceptors (Lipinski definition) is 2. The van der Waals surface area contributed by atoms with E-state index in [1.165, 1.54) is 12.1 Å². The molecule has 0 aliphatic heterocycles. The van der Waals surface area contributed by atoms with Crippen molar-refractivity contribution in [1.29, 1.82) is 0 Å². The lowest BCUT2D eigenvalue weighted by Crippen LogP contribution is -2.17. The van der Waals surface area contributed by atoms with E-state index < -0.39 is 0 Å². The molecule has 2 N–H and O–H groups in total. The van der Waals surface area contributed by atoms with Crippen molar-refractivity contribution >= 4 is 22.9 Å². The number of nitrogens with two attached hydrogens (primary N) is 1. The Labute approximate surface area is 82.2 Å². The molecule has 0 bridgehead atoms. The van der Waals surface area contributed by atoms with Crippen molar-refractivity contribution in [2.45, 2.75) is 0 Å². The van der Waals surface area contributed by atoms with Crippen molar-refractivity contribution < 1.29 is 4.39 Å². The van der Waals surface area contributed by atoms with Crippen LogP contribution in [-0.4, -0.2) is 19.1 Å². The van der Waals surface area contributed by atoms with Gasteiger partial charge in [0.2, 0.25) is 0 Å². The molecular formula is C9H11FN2S. The van der Waals surface area contributed by atoms with Gasteiger partial charge in [0.15, 0.2) is 0 Å².